The molecule has 1 aliphatic rings. The molecule has 5 nitrogen and oxygen atoms in total. The van der Waals surface area contributed by atoms with Crippen LogP contribution in [0.4, 0.5) is 0 Å². The smallest absolute Gasteiger partial charge is 0.253 e. The average Bonchev–Trinajstić information content (AvgIpc) is 3.06. The molecule has 0 saturated carbocycles. The maximum absolute atomic E-state index is 12.9. The molecule has 0 aliphatic carbocycles. The second kappa shape index (κ2) is 7.00. The predicted molar refractivity (Wildman–Crippen MR) is 98.4 cm³/mol. The lowest BCUT2D eigenvalue weighted by Crippen LogP contribution is -2.43. The molecule has 1 amide bonds. The summed E-state index contributed by atoms with van der Waals surface area (Å²) in [6, 6.07) is 9.56. The fourth-order valence-electron chi connectivity index (χ4n) is 3.24. The molecule has 2 aromatic rings. The van der Waals surface area contributed by atoms with Gasteiger partial charge in [0.05, 0.1) is 12.6 Å². The van der Waals surface area contributed by atoms with E-state index in [2.05, 4.69) is 4.98 Å². The molecule has 1 aromatic carbocycles. The largest absolute Gasteiger partial charge is 0.376 e. The highest BCUT2D eigenvalue weighted by atomic mass is 16.5. The van der Waals surface area contributed by atoms with E-state index in [4.69, 9.17) is 4.74 Å². The number of aromatic nitrogens is 1. The zero-order chi connectivity index (χ0) is 18.0. The Kier molecular flexibility index (Phi) is 4.95. The average molecular weight is 342 g/mol. The molecule has 3 rings (SSSR count). The summed E-state index contributed by atoms with van der Waals surface area (Å²) in [6.45, 7) is 7.30. The normalized spacial score (nSPS) is 17.8. The van der Waals surface area contributed by atoms with Gasteiger partial charge in [-0.2, -0.15) is 0 Å². The van der Waals surface area contributed by atoms with Gasteiger partial charge in [0.25, 0.3) is 5.56 Å². The number of nitrogens with one attached hydrogen (secondary N) is 1. The number of pyridine rings is 1. The van der Waals surface area contributed by atoms with Gasteiger partial charge < -0.3 is 14.6 Å². The van der Waals surface area contributed by atoms with Crippen molar-refractivity contribution >= 4 is 16.8 Å². The summed E-state index contributed by atoms with van der Waals surface area (Å²) >= 11 is 0. The van der Waals surface area contributed by atoms with Gasteiger partial charge in [0.15, 0.2) is 0 Å². The standard InChI is InChI=1S/C20H26N2O3/c1-20(2,3)19(24)22(13-16-8-6-10-25-16)12-15-11-14-7-4-5-9-17(14)21-18(15)23/h4-5,7,9,11,16H,6,8,10,12-13H2,1-3H3,(H,21,23)/t16-/m1/s1. The third kappa shape index (κ3) is 4.10. The van der Waals surface area contributed by atoms with Crippen molar-refractivity contribution in [3.63, 3.8) is 0 Å². The van der Waals surface area contributed by atoms with E-state index in [1.165, 1.54) is 0 Å². The molecule has 5 heteroatoms. The molecule has 25 heavy (non-hydrogen) atoms. The number of rotatable bonds is 4. The van der Waals surface area contributed by atoms with Crippen molar-refractivity contribution in [2.45, 2.75) is 46.3 Å². The number of para-hydroxylation sites is 1. The first-order valence-electron chi connectivity index (χ1n) is 8.86. The number of hydrogen-bond acceptors (Lipinski definition) is 3. The van der Waals surface area contributed by atoms with Crippen LogP contribution in [0.5, 0.6) is 0 Å². The van der Waals surface area contributed by atoms with Crippen LogP contribution in [-0.4, -0.2) is 35.0 Å². The molecule has 0 bridgehead atoms. The number of carbonyl (C=O) groups excluding carboxylic acids is 1. The van der Waals surface area contributed by atoms with Gasteiger partial charge in [0, 0.05) is 29.6 Å². The quantitative estimate of drug-likeness (QED) is 0.929. The molecule has 1 fully saturated rings. The fraction of sp³-hybridized carbons (Fsp3) is 0.500. The molecule has 1 aromatic heterocycles. The van der Waals surface area contributed by atoms with E-state index < -0.39 is 5.41 Å². The molecule has 1 saturated heterocycles. The third-order valence-corrected chi connectivity index (χ3v) is 4.57. The number of nitrogens with zero attached hydrogens (tertiary/aromatic N) is 1. The summed E-state index contributed by atoms with van der Waals surface area (Å²) in [5, 5.41) is 0.970. The van der Waals surface area contributed by atoms with E-state index in [1.807, 2.05) is 51.1 Å². The number of carbonyl (C=O) groups is 1. The van der Waals surface area contributed by atoms with Gasteiger partial charge in [-0.15, -0.1) is 0 Å². The maximum Gasteiger partial charge on any atom is 0.253 e. The van der Waals surface area contributed by atoms with Crippen LogP contribution in [-0.2, 0) is 16.1 Å². The van der Waals surface area contributed by atoms with Crippen molar-refractivity contribution in [1.29, 1.82) is 0 Å². The Morgan fingerprint density at radius 3 is 2.76 bits per heavy atom. The zero-order valence-electron chi connectivity index (χ0n) is 15.2. The SMILES string of the molecule is CC(C)(C)C(=O)N(Cc1cc2ccccc2[nH]c1=O)C[C@H]1CCCO1. The topological polar surface area (TPSA) is 62.4 Å². The van der Waals surface area contributed by atoms with E-state index in [0.717, 1.165) is 30.4 Å². The summed E-state index contributed by atoms with van der Waals surface area (Å²) in [5.41, 5.74) is 0.776. The van der Waals surface area contributed by atoms with Crippen LogP contribution in [0.15, 0.2) is 35.1 Å². The van der Waals surface area contributed by atoms with Gasteiger partial charge in [-0.3, -0.25) is 9.59 Å². The summed E-state index contributed by atoms with van der Waals surface area (Å²) in [5.74, 6) is 0.0376. The van der Waals surface area contributed by atoms with E-state index in [-0.39, 0.29) is 17.6 Å². The minimum absolute atomic E-state index is 0.0376. The van der Waals surface area contributed by atoms with E-state index >= 15 is 0 Å². The first-order chi connectivity index (χ1) is 11.8. The van der Waals surface area contributed by atoms with Gasteiger partial charge in [-0.25, -0.2) is 0 Å². The lowest BCUT2D eigenvalue weighted by Gasteiger charge is -2.31. The van der Waals surface area contributed by atoms with Crippen LogP contribution in [0.2, 0.25) is 0 Å². The maximum atomic E-state index is 12.9. The van der Waals surface area contributed by atoms with Crippen LogP contribution in [0.1, 0.15) is 39.2 Å². The van der Waals surface area contributed by atoms with Gasteiger partial charge in [0.2, 0.25) is 5.91 Å². The highest BCUT2D eigenvalue weighted by molar-refractivity contribution is 5.82. The van der Waals surface area contributed by atoms with Crippen molar-refractivity contribution in [3.8, 4) is 0 Å². The second-order valence-electron chi connectivity index (χ2n) is 7.78. The third-order valence-electron chi connectivity index (χ3n) is 4.57. The fourth-order valence-corrected chi connectivity index (χ4v) is 3.24. The van der Waals surface area contributed by atoms with Crippen molar-refractivity contribution in [3.05, 3.63) is 46.2 Å². The summed E-state index contributed by atoms with van der Waals surface area (Å²) in [4.78, 5) is 30.0. The van der Waals surface area contributed by atoms with Crippen molar-refractivity contribution < 1.29 is 9.53 Å². The lowest BCUT2D eigenvalue weighted by molar-refractivity contribution is -0.141. The Labute approximate surface area is 148 Å². The summed E-state index contributed by atoms with van der Waals surface area (Å²) in [6.07, 6.45) is 2.05. The Morgan fingerprint density at radius 2 is 2.08 bits per heavy atom. The van der Waals surface area contributed by atoms with Gasteiger partial charge in [-0.1, -0.05) is 39.0 Å². The lowest BCUT2D eigenvalue weighted by atomic mass is 9.94. The van der Waals surface area contributed by atoms with Crippen LogP contribution in [0, 0.1) is 5.41 Å². The minimum atomic E-state index is -0.498. The molecule has 2 heterocycles. The molecular weight excluding hydrogens is 316 g/mol. The Bertz CT molecular complexity index is 814. The van der Waals surface area contributed by atoms with Gasteiger partial charge in [-0.05, 0) is 30.4 Å². The van der Waals surface area contributed by atoms with Crippen molar-refractivity contribution in [2.24, 2.45) is 5.41 Å². The number of hydrogen-bond donors (Lipinski definition) is 1. The van der Waals surface area contributed by atoms with Gasteiger partial charge >= 0.3 is 0 Å². The Balaban J connectivity index is 1.89. The Morgan fingerprint density at radius 1 is 1.32 bits per heavy atom. The highest BCUT2D eigenvalue weighted by Crippen LogP contribution is 2.22. The van der Waals surface area contributed by atoms with Crippen LogP contribution >= 0.6 is 0 Å². The number of H-pyrrole nitrogens is 1. The predicted octanol–water partition coefficient (Wildman–Crippen LogP) is 3.08. The summed E-state index contributed by atoms with van der Waals surface area (Å²) < 4.78 is 5.70. The van der Waals surface area contributed by atoms with Gasteiger partial charge in [0.1, 0.15) is 0 Å². The Hall–Kier alpha value is -2.14. The number of fused-ring (bicyclic) bond motifs is 1. The molecule has 0 spiro atoms. The molecule has 1 aliphatic heterocycles. The summed E-state index contributed by atoms with van der Waals surface area (Å²) in [7, 11) is 0. The molecule has 0 radical (unpaired) electrons. The van der Waals surface area contributed by atoms with Crippen LogP contribution < -0.4 is 5.56 Å². The number of ether oxygens (including phenoxy) is 1. The number of amides is 1. The molecular formula is C20H26N2O3. The van der Waals surface area contributed by atoms with Crippen LogP contribution in [0.3, 0.4) is 0 Å². The molecule has 1 N–H and O–H groups in total. The molecule has 1 atom stereocenters. The number of benzene rings is 1. The van der Waals surface area contributed by atoms with Crippen LogP contribution in [0.25, 0.3) is 10.9 Å². The van der Waals surface area contributed by atoms with E-state index in [1.54, 1.807) is 4.90 Å². The zero-order valence-corrected chi connectivity index (χ0v) is 15.2. The second-order valence-corrected chi connectivity index (χ2v) is 7.78. The van der Waals surface area contributed by atoms with Crippen molar-refractivity contribution in [1.82, 2.24) is 9.88 Å². The first kappa shape index (κ1) is 17.7. The van der Waals surface area contributed by atoms with Crippen molar-refractivity contribution in [2.75, 3.05) is 13.2 Å². The molecule has 134 valence electrons. The van der Waals surface area contributed by atoms with E-state index in [0.29, 0.717) is 18.7 Å². The monoisotopic (exact) mass is 342 g/mol. The minimum Gasteiger partial charge on any atom is -0.376 e. The first-order valence-corrected chi connectivity index (χ1v) is 8.86. The molecule has 0 unspecified atom stereocenters. The number of aromatic amines is 1. The highest BCUT2D eigenvalue weighted by Gasteiger charge is 2.30. The van der Waals surface area contributed by atoms with E-state index in [9.17, 15) is 9.59 Å².